The second-order valence-electron chi connectivity index (χ2n) is 11.9. The van der Waals surface area contributed by atoms with Crippen molar-refractivity contribution < 1.29 is 14.0 Å². The molecule has 3 nitrogen and oxygen atoms in total. The van der Waals surface area contributed by atoms with Crippen LogP contribution >= 0.6 is 6.60 Å². The Balaban J connectivity index is 5.91. The van der Waals surface area contributed by atoms with Gasteiger partial charge < -0.3 is 0 Å². The predicted octanol–water partition coefficient (Wildman–Crippen LogP) is 8.37. The van der Waals surface area contributed by atoms with Crippen LogP contribution in [0.2, 0.25) is 0 Å². The molecule has 0 rings (SSSR count). The fourth-order valence-corrected chi connectivity index (χ4v) is 12.1. The molecule has 0 bridgehead atoms. The van der Waals surface area contributed by atoms with Crippen LogP contribution in [0.25, 0.3) is 0 Å². The van der Waals surface area contributed by atoms with E-state index < -0.39 is 13.9 Å². The Hall–Kier alpha value is 0.375. The van der Waals surface area contributed by atoms with Crippen molar-refractivity contribution in [3.63, 3.8) is 0 Å². The van der Waals surface area contributed by atoms with Gasteiger partial charge in [-0.25, -0.2) is 0 Å². The molecule has 5 heteroatoms. The minimum absolute atomic E-state index is 0.177. The van der Waals surface area contributed by atoms with Crippen LogP contribution < -0.4 is 0 Å². The van der Waals surface area contributed by atoms with E-state index in [4.69, 9.17) is 14.0 Å². The quantitative estimate of drug-likeness (QED) is 0.124. The van der Waals surface area contributed by atoms with Gasteiger partial charge >= 0.3 is 197 Å². The zero-order chi connectivity index (χ0) is 24.2. The molecule has 0 spiro atoms. The Morgan fingerprint density at radius 2 is 1.16 bits per heavy atom. The molecule has 0 aromatic rings. The van der Waals surface area contributed by atoms with Crippen LogP contribution in [-0.2, 0) is 14.0 Å². The molecule has 0 radical (unpaired) electrons. The first-order chi connectivity index (χ1) is 14.3. The van der Waals surface area contributed by atoms with Crippen LogP contribution in [0.15, 0.2) is 0 Å². The molecule has 0 saturated carbocycles. The number of hydrogen-bond acceptors (Lipinski definition) is 3. The van der Waals surface area contributed by atoms with Crippen molar-refractivity contribution in [1.82, 2.24) is 0 Å². The van der Waals surface area contributed by atoms with Crippen molar-refractivity contribution >= 4 is 13.9 Å². The van der Waals surface area contributed by atoms with E-state index in [2.05, 4.69) is 75.9 Å². The van der Waals surface area contributed by atoms with Gasteiger partial charge in [0.25, 0.3) is 0 Å². The summed E-state index contributed by atoms with van der Waals surface area (Å²) in [7, 11) is -0.533. The monoisotopic (exact) mass is 460 g/mol. The summed E-state index contributed by atoms with van der Waals surface area (Å²) in [6.45, 7) is 25.8. The van der Waals surface area contributed by atoms with Gasteiger partial charge in [0, 0.05) is 0 Å². The second kappa shape index (κ2) is 13.9. The average Bonchev–Trinajstić information content (AvgIpc) is 2.65. The van der Waals surface area contributed by atoms with Crippen LogP contribution in [0, 0.1) is 0 Å². The molecule has 31 heavy (non-hydrogen) atoms. The fourth-order valence-electron chi connectivity index (χ4n) is 4.91. The van der Waals surface area contributed by atoms with Gasteiger partial charge in [0.1, 0.15) is 0 Å². The van der Waals surface area contributed by atoms with Crippen LogP contribution in [0.1, 0.15) is 121 Å². The number of unbranched alkanes of at least 4 members (excludes halogenated alkanes) is 3. The molecule has 0 aromatic heterocycles. The fraction of sp³-hybridized carbons (Fsp3) is 1.00. The number of rotatable bonds is 17. The van der Waals surface area contributed by atoms with E-state index in [0.717, 1.165) is 44.7 Å². The van der Waals surface area contributed by atoms with E-state index in [9.17, 15) is 0 Å². The summed E-state index contributed by atoms with van der Waals surface area (Å²) in [5.41, 5.74) is 0. The van der Waals surface area contributed by atoms with E-state index in [1.165, 1.54) is 19.0 Å². The van der Waals surface area contributed by atoms with Crippen LogP contribution in [0.5, 0.6) is 0 Å². The van der Waals surface area contributed by atoms with Crippen molar-refractivity contribution in [2.75, 3.05) is 32.2 Å². The predicted molar refractivity (Wildman–Crippen MR) is 144 cm³/mol. The van der Waals surface area contributed by atoms with Gasteiger partial charge in [-0.3, -0.25) is 0 Å². The summed E-state index contributed by atoms with van der Waals surface area (Å²) >= 11 is 0. The van der Waals surface area contributed by atoms with Crippen LogP contribution in [0.4, 0.5) is 0 Å². The summed E-state index contributed by atoms with van der Waals surface area (Å²) in [4.78, 5) is 0. The van der Waals surface area contributed by atoms with Gasteiger partial charge in [-0.1, -0.05) is 0 Å². The van der Waals surface area contributed by atoms with Crippen LogP contribution in [-0.4, -0.2) is 55.9 Å². The second-order valence-corrected chi connectivity index (χ2v) is 19.5. The van der Waals surface area contributed by atoms with Crippen LogP contribution in [0.3, 0.4) is 0 Å². The Morgan fingerprint density at radius 3 is 1.52 bits per heavy atom. The summed E-state index contributed by atoms with van der Waals surface area (Å²) in [5, 5.41) is 0.520. The van der Waals surface area contributed by atoms with Crippen molar-refractivity contribution in [3.8, 4) is 0 Å². The Morgan fingerprint density at radius 1 is 0.710 bits per heavy atom. The Labute approximate surface area is 197 Å². The van der Waals surface area contributed by atoms with Crippen molar-refractivity contribution in [1.29, 1.82) is 0 Å². The molecule has 1 unspecified atom stereocenters. The van der Waals surface area contributed by atoms with Gasteiger partial charge in [0.2, 0.25) is 0 Å². The van der Waals surface area contributed by atoms with E-state index in [0.29, 0.717) is 13.2 Å². The summed E-state index contributed by atoms with van der Waals surface area (Å²) in [6, 6.07) is 0. The van der Waals surface area contributed by atoms with Gasteiger partial charge in [0.05, 0.1) is 0 Å². The average molecular weight is 461 g/mol. The van der Waals surface area contributed by atoms with Gasteiger partial charge in [-0.2, -0.15) is 0 Å². The third-order valence-electron chi connectivity index (χ3n) is 8.14. The van der Waals surface area contributed by atoms with E-state index in [1.54, 1.807) is 0 Å². The molecule has 0 aliphatic heterocycles. The molecular formula is C26H58BO3P. The number of hydrogen-bond donors (Lipinski definition) is 0. The standard InChI is InChI=1S/C26H58BO3P/c1-12-16-20-28-27(29-21-17-13-2)30-24(19-15-4)23-31(11,22-18-14-3,25(5,6)7)26(8,9)10/h24H,12-23H2,1-11H3. The van der Waals surface area contributed by atoms with E-state index in [1.807, 2.05) is 0 Å². The van der Waals surface area contributed by atoms with Crippen molar-refractivity contribution in [2.24, 2.45) is 0 Å². The molecule has 188 valence electrons. The maximum absolute atomic E-state index is 6.66. The normalized spacial score (nSPS) is 15.5. The molecule has 1 atom stereocenters. The molecule has 0 amide bonds. The van der Waals surface area contributed by atoms with E-state index in [-0.39, 0.29) is 16.4 Å². The molecule has 0 fully saturated rings. The minimum atomic E-state index is -2.21. The molecule has 0 aliphatic carbocycles. The molecule has 0 saturated heterocycles. The first kappa shape index (κ1) is 31.4. The Bertz CT molecular complexity index is 446. The summed E-state index contributed by atoms with van der Waals surface area (Å²) in [6.07, 6.45) is 11.7. The zero-order valence-electron chi connectivity index (χ0n) is 23.3. The third kappa shape index (κ3) is 8.58. The molecule has 0 aromatic carbocycles. The molecule has 0 heterocycles. The molecular weight excluding hydrogens is 402 g/mol. The van der Waals surface area contributed by atoms with E-state index >= 15 is 0 Å². The zero-order valence-corrected chi connectivity index (χ0v) is 24.2. The van der Waals surface area contributed by atoms with Gasteiger partial charge in [-0.15, -0.1) is 0 Å². The maximum atomic E-state index is 6.66. The Kier molecular flexibility index (Phi) is 14.1. The summed E-state index contributed by atoms with van der Waals surface area (Å²) in [5.74, 6) is 0. The van der Waals surface area contributed by atoms with Gasteiger partial charge in [-0.05, 0) is 0 Å². The molecule has 0 N–H and O–H groups in total. The van der Waals surface area contributed by atoms with Crippen molar-refractivity contribution in [2.45, 2.75) is 137 Å². The first-order valence-corrected chi connectivity index (χ1v) is 16.2. The molecule has 0 aliphatic rings. The SMILES string of the molecule is CCCCOB(OCCCC)OC(CCC)CP(C)(CCCC)(C(C)(C)C)C(C)(C)C. The van der Waals surface area contributed by atoms with Crippen molar-refractivity contribution in [3.05, 3.63) is 0 Å². The first-order valence-electron chi connectivity index (χ1n) is 13.2. The third-order valence-corrected chi connectivity index (χ3v) is 18.9. The topological polar surface area (TPSA) is 27.7 Å². The summed E-state index contributed by atoms with van der Waals surface area (Å²) < 4.78 is 18.8. The van der Waals surface area contributed by atoms with Gasteiger partial charge in [0.15, 0.2) is 0 Å².